The number of hydrogen-bond acceptors (Lipinski definition) is 6. The second-order valence-corrected chi connectivity index (χ2v) is 5.49. The predicted octanol–water partition coefficient (Wildman–Crippen LogP) is 2.51. The fraction of sp³-hybridized carbons (Fsp3) is 0.158. The first-order valence-electron chi connectivity index (χ1n) is 7.79. The van der Waals surface area contributed by atoms with Crippen molar-refractivity contribution in [2.45, 2.75) is 0 Å². The minimum atomic E-state index is -1.41. The van der Waals surface area contributed by atoms with Crippen molar-refractivity contribution in [3.63, 3.8) is 0 Å². The zero-order valence-corrected chi connectivity index (χ0v) is 14.5. The molecular formula is C19H16O8. The molecule has 0 spiro atoms. The highest BCUT2D eigenvalue weighted by atomic mass is 16.7. The molecule has 27 heavy (non-hydrogen) atoms. The molecule has 0 saturated carbocycles. The van der Waals surface area contributed by atoms with Crippen LogP contribution in [0.1, 0.15) is 11.1 Å². The van der Waals surface area contributed by atoms with Gasteiger partial charge in [0.15, 0.2) is 11.5 Å². The molecule has 0 bridgehead atoms. The minimum absolute atomic E-state index is 0.0169. The normalized spacial score (nSPS) is 13.0. The molecule has 140 valence electrons. The molecule has 0 saturated heterocycles. The van der Waals surface area contributed by atoms with Gasteiger partial charge < -0.3 is 29.2 Å². The summed E-state index contributed by atoms with van der Waals surface area (Å²) in [6.07, 6.45) is 0. The Morgan fingerprint density at radius 3 is 2.22 bits per heavy atom. The Morgan fingerprint density at radius 1 is 0.889 bits per heavy atom. The average molecular weight is 372 g/mol. The Morgan fingerprint density at radius 2 is 1.59 bits per heavy atom. The van der Waals surface area contributed by atoms with Gasteiger partial charge >= 0.3 is 11.9 Å². The minimum Gasteiger partial charge on any atom is -0.497 e. The second kappa shape index (κ2) is 7.28. The van der Waals surface area contributed by atoms with Crippen molar-refractivity contribution in [1.29, 1.82) is 0 Å². The van der Waals surface area contributed by atoms with Crippen LogP contribution in [0.25, 0.3) is 11.1 Å². The molecule has 3 rings (SSSR count). The van der Waals surface area contributed by atoms with Crippen molar-refractivity contribution in [1.82, 2.24) is 0 Å². The van der Waals surface area contributed by atoms with Gasteiger partial charge in [0.1, 0.15) is 11.5 Å². The van der Waals surface area contributed by atoms with Crippen LogP contribution in [0, 0.1) is 0 Å². The van der Waals surface area contributed by atoms with E-state index in [1.165, 1.54) is 50.6 Å². The summed E-state index contributed by atoms with van der Waals surface area (Å²) >= 11 is 0. The molecule has 2 N–H and O–H groups in total. The van der Waals surface area contributed by atoms with Gasteiger partial charge in [0.05, 0.1) is 25.4 Å². The van der Waals surface area contributed by atoms with E-state index in [2.05, 4.69) is 0 Å². The molecule has 0 unspecified atom stereocenters. The van der Waals surface area contributed by atoms with Crippen LogP contribution in [0.3, 0.4) is 0 Å². The Labute approximate surface area is 154 Å². The monoisotopic (exact) mass is 372 g/mol. The predicted molar refractivity (Wildman–Crippen MR) is 94.2 cm³/mol. The lowest BCUT2D eigenvalue weighted by molar-refractivity contribution is -0.132. The van der Waals surface area contributed by atoms with E-state index in [4.69, 9.17) is 18.9 Å². The first-order valence-corrected chi connectivity index (χ1v) is 7.79. The SMILES string of the molecule is COc1ccc(/C(C(=O)O)=C(/C(=O)O)c2ccc3c(c2)OCO3)c(OC)c1. The summed E-state index contributed by atoms with van der Waals surface area (Å²) in [6.45, 7) is 0.0169. The second-order valence-electron chi connectivity index (χ2n) is 5.49. The molecule has 2 aromatic rings. The summed E-state index contributed by atoms with van der Waals surface area (Å²) in [5, 5.41) is 19.5. The summed E-state index contributed by atoms with van der Waals surface area (Å²) in [5.74, 6) is -1.38. The molecule has 1 heterocycles. The highest BCUT2D eigenvalue weighted by molar-refractivity contribution is 6.37. The number of benzene rings is 2. The van der Waals surface area contributed by atoms with Crippen LogP contribution >= 0.6 is 0 Å². The van der Waals surface area contributed by atoms with E-state index in [0.29, 0.717) is 17.2 Å². The number of ether oxygens (including phenoxy) is 4. The summed E-state index contributed by atoms with van der Waals surface area (Å²) in [6, 6.07) is 8.89. The molecule has 0 fully saturated rings. The number of methoxy groups -OCH3 is 2. The number of carbonyl (C=O) groups is 2. The van der Waals surface area contributed by atoms with Gasteiger partial charge in [-0.1, -0.05) is 6.07 Å². The van der Waals surface area contributed by atoms with Crippen LogP contribution in [-0.2, 0) is 9.59 Å². The average Bonchev–Trinajstić information content (AvgIpc) is 3.12. The van der Waals surface area contributed by atoms with Crippen molar-refractivity contribution in [2.24, 2.45) is 0 Å². The Balaban J connectivity index is 2.27. The molecule has 0 atom stereocenters. The summed E-state index contributed by atoms with van der Waals surface area (Å²) in [5.41, 5.74) is -0.534. The van der Waals surface area contributed by atoms with E-state index in [0.717, 1.165) is 0 Å². The third-order valence-electron chi connectivity index (χ3n) is 4.02. The van der Waals surface area contributed by atoms with E-state index in [1.54, 1.807) is 0 Å². The summed E-state index contributed by atoms with van der Waals surface area (Å²) in [7, 11) is 2.82. The van der Waals surface area contributed by atoms with E-state index in [-0.39, 0.29) is 23.7 Å². The molecule has 1 aliphatic rings. The number of hydrogen-bond donors (Lipinski definition) is 2. The van der Waals surface area contributed by atoms with E-state index in [9.17, 15) is 19.8 Å². The topological polar surface area (TPSA) is 112 Å². The molecule has 8 nitrogen and oxygen atoms in total. The Hall–Kier alpha value is -3.68. The van der Waals surface area contributed by atoms with Gasteiger partial charge in [0, 0.05) is 11.6 Å². The van der Waals surface area contributed by atoms with Gasteiger partial charge in [-0.3, -0.25) is 0 Å². The standard InChI is InChI=1S/C19H16O8/c1-24-11-4-5-12(14(8-11)25-2)17(19(22)23)16(18(20)21)10-3-6-13-15(7-10)27-9-26-13/h3-8H,9H2,1-2H3,(H,20,21)(H,22,23)/b17-16-. The third kappa shape index (κ3) is 3.37. The van der Waals surface area contributed by atoms with E-state index < -0.39 is 23.1 Å². The lowest BCUT2D eigenvalue weighted by Crippen LogP contribution is -2.11. The van der Waals surface area contributed by atoms with E-state index >= 15 is 0 Å². The van der Waals surface area contributed by atoms with Gasteiger partial charge in [-0.2, -0.15) is 0 Å². The number of carboxylic acids is 2. The first-order chi connectivity index (χ1) is 13.0. The quantitative estimate of drug-likeness (QED) is 0.588. The van der Waals surface area contributed by atoms with Crippen molar-refractivity contribution < 1.29 is 38.7 Å². The lowest BCUT2D eigenvalue weighted by atomic mass is 9.93. The molecule has 1 aliphatic heterocycles. The first kappa shape index (κ1) is 18.1. The third-order valence-corrected chi connectivity index (χ3v) is 4.02. The van der Waals surface area contributed by atoms with Crippen LogP contribution in [0.5, 0.6) is 23.0 Å². The van der Waals surface area contributed by atoms with Gasteiger partial charge in [-0.25, -0.2) is 9.59 Å². The number of rotatable bonds is 6. The fourth-order valence-electron chi connectivity index (χ4n) is 2.79. The summed E-state index contributed by atoms with van der Waals surface area (Å²) < 4.78 is 20.8. The Bertz CT molecular complexity index is 945. The van der Waals surface area contributed by atoms with Crippen LogP contribution in [0.15, 0.2) is 36.4 Å². The number of fused-ring (bicyclic) bond motifs is 1. The van der Waals surface area contributed by atoms with Crippen molar-refractivity contribution in [3.8, 4) is 23.0 Å². The zero-order chi connectivity index (χ0) is 19.6. The molecule has 0 aromatic heterocycles. The number of carboxylic acid groups (broad SMARTS) is 2. The highest BCUT2D eigenvalue weighted by Gasteiger charge is 2.27. The fourth-order valence-corrected chi connectivity index (χ4v) is 2.79. The largest absolute Gasteiger partial charge is 0.497 e. The number of aliphatic carboxylic acids is 2. The summed E-state index contributed by atoms with van der Waals surface area (Å²) in [4.78, 5) is 24.0. The highest BCUT2D eigenvalue weighted by Crippen LogP contribution is 2.39. The van der Waals surface area contributed by atoms with Gasteiger partial charge in [0.25, 0.3) is 0 Å². The lowest BCUT2D eigenvalue weighted by Gasteiger charge is -2.14. The van der Waals surface area contributed by atoms with Crippen LogP contribution in [0.2, 0.25) is 0 Å². The van der Waals surface area contributed by atoms with Crippen LogP contribution in [0.4, 0.5) is 0 Å². The maximum atomic E-state index is 12.0. The van der Waals surface area contributed by atoms with Gasteiger partial charge in [-0.15, -0.1) is 0 Å². The molecule has 0 radical (unpaired) electrons. The molecule has 0 amide bonds. The zero-order valence-electron chi connectivity index (χ0n) is 14.5. The Kier molecular flexibility index (Phi) is 4.89. The van der Waals surface area contributed by atoms with E-state index in [1.807, 2.05) is 0 Å². The molecule has 2 aromatic carbocycles. The van der Waals surface area contributed by atoms with Crippen molar-refractivity contribution >= 4 is 23.1 Å². The van der Waals surface area contributed by atoms with Gasteiger partial charge in [-0.05, 0) is 29.8 Å². The smallest absolute Gasteiger partial charge is 0.337 e. The van der Waals surface area contributed by atoms with Gasteiger partial charge in [0.2, 0.25) is 6.79 Å². The van der Waals surface area contributed by atoms with Crippen LogP contribution in [-0.4, -0.2) is 43.2 Å². The van der Waals surface area contributed by atoms with Crippen molar-refractivity contribution in [2.75, 3.05) is 21.0 Å². The van der Waals surface area contributed by atoms with Crippen LogP contribution < -0.4 is 18.9 Å². The maximum Gasteiger partial charge on any atom is 0.337 e. The van der Waals surface area contributed by atoms with Crippen molar-refractivity contribution in [3.05, 3.63) is 47.5 Å². The molecule has 8 heteroatoms. The molecular weight excluding hydrogens is 356 g/mol. The molecule has 0 aliphatic carbocycles. The maximum absolute atomic E-state index is 12.0.